The highest BCUT2D eigenvalue weighted by Gasteiger charge is 2.15. The van der Waals surface area contributed by atoms with E-state index >= 15 is 0 Å². The van der Waals surface area contributed by atoms with Gasteiger partial charge in [0.2, 0.25) is 5.91 Å². The summed E-state index contributed by atoms with van der Waals surface area (Å²) in [5, 5.41) is 2.05. The van der Waals surface area contributed by atoms with Crippen LogP contribution < -0.4 is 5.43 Å². The Balaban J connectivity index is 3.27. The van der Waals surface area contributed by atoms with Gasteiger partial charge in [0.15, 0.2) is 0 Å². The second kappa shape index (κ2) is 22.6. The molecule has 0 rings (SSSR count). The molecule has 0 bridgehead atoms. The van der Waals surface area contributed by atoms with Crippen LogP contribution in [-0.2, 0) is 4.79 Å². The molecule has 0 radical (unpaired) electrons. The molecular formula is C28H58N2O. The highest BCUT2D eigenvalue weighted by Crippen LogP contribution is 2.15. The van der Waals surface area contributed by atoms with Crippen molar-refractivity contribution in [1.82, 2.24) is 10.4 Å². The van der Waals surface area contributed by atoms with Crippen LogP contribution in [0.5, 0.6) is 0 Å². The van der Waals surface area contributed by atoms with E-state index in [0.29, 0.717) is 18.5 Å². The zero-order valence-electron chi connectivity index (χ0n) is 22.2. The number of hydrazine groups is 1. The van der Waals surface area contributed by atoms with Crippen LogP contribution in [0.15, 0.2) is 0 Å². The molecule has 0 aliphatic heterocycles. The van der Waals surface area contributed by atoms with Gasteiger partial charge in [-0.05, 0) is 34.1 Å². The van der Waals surface area contributed by atoms with Crippen molar-refractivity contribution < 1.29 is 4.79 Å². The van der Waals surface area contributed by atoms with Crippen LogP contribution in [0, 0.1) is 0 Å². The van der Waals surface area contributed by atoms with Gasteiger partial charge in [-0.25, -0.2) is 5.01 Å². The maximum Gasteiger partial charge on any atom is 0.234 e. The van der Waals surface area contributed by atoms with E-state index in [0.717, 1.165) is 6.42 Å². The minimum atomic E-state index is 0.175. The lowest BCUT2D eigenvalue weighted by Gasteiger charge is -2.30. The number of nitrogens with one attached hydrogen (secondary N) is 1. The van der Waals surface area contributed by atoms with Gasteiger partial charge in [0.05, 0.1) is 0 Å². The summed E-state index contributed by atoms with van der Waals surface area (Å²) in [6.45, 7) is 10.8. The van der Waals surface area contributed by atoms with Crippen LogP contribution in [0.4, 0.5) is 0 Å². The molecule has 0 aromatic rings. The molecule has 0 spiro atoms. The van der Waals surface area contributed by atoms with E-state index in [-0.39, 0.29) is 5.91 Å². The zero-order chi connectivity index (χ0) is 23.2. The van der Waals surface area contributed by atoms with Crippen molar-refractivity contribution in [3.05, 3.63) is 0 Å². The lowest BCUT2D eigenvalue weighted by Crippen LogP contribution is -2.50. The molecule has 0 aromatic heterocycles. The van der Waals surface area contributed by atoms with Gasteiger partial charge in [0, 0.05) is 18.5 Å². The van der Waals surface area contributed by atoms with Crippen LogP contribution in [0.3, 0.4) is 0 Å². The second-order valence-corrected chi connectivity index (χ2v) is 10.2. The molecule has 0 atom stereocenters. The van der Waals surface area contributed by atoms with Crippen molar-refractivity contribution in [3.63, 3.8) is 0 Å². The quantitative estimate of drug-likeness (QED) is 0.127. The fourth-order valence-electron chi connectivity index (χ4n) is 4.42. The molecule has 0 fully saturated rings. The fourth-order valence-corrected chi connectivity index (χ4v) is 4.42. The number of hydrogen-bond donors (Lipinski definition) is 1. The monoisotopic (exact) mass is 438 g/mol. The molecule has 0 aromatic carbocycles. The van der Waals surface area contributed by atoms with Crippen molar-refractivity contribution >= 4 is 5.91 Å². The molecule has 31 heavy (non-hydrogen) atoms. The lowest BCUT2D eigenvalue weighted by atomic mass is 10.0. The van der Waals surface area contributed by atoms with Crippen LogP contribution >= 0.6 is 0 Å². The Labute approximate surface area is 196 Å². The Morgan fingerprint density at radius 1 is 0.548 bits per heavy atom. The first-order valence-corrected chi connectivity index (χ1v) is 14.1. The highest BCUT2D eigenvalue weighted by molar-refractivity contribution is 5.75. The highest BCUT2D eigenvalue weighted by atomic mass is 16.2. The van der Waals surface area contributed by atoms with Gasteiger partial charge < -0.3 is 0 Å². The Morgan fingerprint density at radius 3 is 1.13 bits per heavy atom. The molecule has 0 saturated carbocycles. The predicted octanol–water partition coefficient (Wildman–Crippen LogP) is 8.96. The summed E-state index contributed by atoms with van der Waals surface area (Å²) in [6.07, 6.45) is 27.0. The van der Waals surface area contributed by atoms with E-state index in [1.54, 1.807) is 0 Å². The maximum atomic E-state index is 12.1. The average Bonchev–Trinajstić information content (AvgIpc) is 2.73. The minimum absolute atomic E-state index is 0.175. The summed E-state index contributed by atoms with van der Waals surface area (Å²) in [5.41, 5.74) is 3.07. The minimum Gasteiger partial charge on any atom is -0.288 e. The van der Waals surface area contributed by atoms with E-state index in [1.165, 1.54) is 116 Å². The Kier molecular flexibility index (Phi) is 22.2. The molecule has 0 aliphatic carbocycles. The molecule has 1 N–H and O–H groups in total. The normalized spacial score (nSPS) is 11.7. The average molecular weight is 439 g/mol. The van der Waals surface area contributed by atoms with Crippen LogP contribution in [0.1, 0.15) is 163 Å². The molecule has 3 nitrogen and oxygen atoms in total. The molecule has 0 saturated heterocycles. The van der Waals surface area contributed by atoms with Crippen molar-refractivity contribution in [1.29, 1.82) is 0 Å². The van der Waals surface area contributed by atoms with Gasteiger partial charge in [0.25, 0.3) is 0 Å². The third kappa shape index (κ3) is 21.1. The second-order valence-electron chi connectivity index (χ2n) is 10.2. The number of hydrogen-bond acceptors (Lipinski definition) is 2. The molecule has 3 heteroatoms. The first-order valence-electron chi connectivity index (χ1n) is 14.1. The van der Waals surface area contributed by atoms with E-state index < -0.39 is 0 Å². The summed E-state index contributed by atoms with van der Waals surface area (Å²) >= 11 is 0. The predicted molar refractivity (Wildman–Crippen MR) is 138 cm³/mol. The standard InChI is InChI=1S/C28H58N2O/c1-6-7-8-9-10-11-12-13-14-15-16-17-18-19-20-21-22-23-24-25-28(31)29-30(26(2)3)27(4)5/h26-27H,6-25H2,1-5H3,(H,29,31). The van der Waals surface area contributed by atoms with Crippen molar-refractivity contribution in [2.75, 3.05) is 0 Å². The molecule has 0 aliphatic rings. The van der Waals surface area contributed by atoms with Gasteiger partial charge in [-0.1, -0.05) is 122 Å². The molecule has 186 valence electrons. The first kappa shape index (κ1) is 30.4. The third-order valence-electron chi connectivity index (χ3n) is 6.37. The smallest absolute Gasteiger partial charge is 0.234 e. The third-order valence-corrected chi connectivity index (χ3v) is 6.37. The first-order chi connectivity index (χ1) is 15.0. The number of nitrogens with zero attached hydrogens (tertiary/aromatic N) is 1. The molecule has 0 unspecified atom stereocenters. The van der Waals surface area contributed by atoms with E-state index in [4.69, 9.17) is 0 Å². The summed E-state index contributed by atoms with van der Waals surface area (Å²) in [7, 11) is 0. The van der Waals surface area contributed by atoms with Crippen molar-refractivity contribution in [2.45, 2.75) is 175 Å². The Morgan fingerprint density at radius 2 is 0.839 bits per heavy atom. The van der Waals surface area contributed by atoms with Gasteiger partial charge in [-0.15, -0.1) is 0 Å². The number of carbonyl (C=O) groups excluding carboxylic acids is 1. The maximum absolute atomic E-state index is 12.1. The zero-order valence-corrected chi connectivity index (χ0v) is 22.2. The van der Waals surface area contributed by atoms with Gasteiger partial charge >= 0.3 is 0 Å². The van der Waals surface area contributed by atoms with Crippen molar-refractivity contribution in [2.24, 2.45) is 0 Å². The Hall–Kier alpha value is -0.570. The summed E-state index contributed by atoms with van der Waals surface area (Å²) in [4.78, 5) is 12.1. The van der Waals surface area contributed by atoms with E-state index in [9.17, 15) is 4.79 Å². The van der Waals surface area contributed by atoms with Gasteiger partial charge in [-0.2, -0.15) is 0 Å². The van der Waals surface area contributed by atoms with Crippen LogP contribution in [-0.4, -0.2) is 23.0 Å². The molecule has 1 amide bonds. The van der Waals surface area contributed by atoms with Crippen LogP contribution in [0.2, 0.25) is 0 Å². The molecule has 0 heterocycles. The number of carbonyl (C=O) groups is 1. The van der Waals surface area contributed by atoms with E-state index in [1.807, 2.05) is 0 Å². The molecular weight excluding hydrogens is 380 g/mol. The number of amides is 1. The topological polar surface area (TPSA) is 32.3 Å². The lowest BCUT2D eigenvalue weighted by molar-refractivity contribution is -0.128. The Bertz CT molecular complexity index is 373. The number of unbranched alkanes of at least 4 members (excludes halogenated alkanes) is 18. The SMILES string of the molecule is CCCCCCCCCCCCCCCCCCCCCC(=O)NN(C(C)C)C(C)C. The van der Waals surface area contributed by atoms with Gasteiger partial charge in [-0.3, -0.25) is 10.2 Å². The van der Waals surface area contributed by atoms with Gasteiger partial charge in [0.1, 0.15) is 0 Å². The summed E-state index contributed by atoms with van der Waals surface area (Å²) in [5.74, 6) is 0.175. The van der Waals surface area contributed by atoms with Crippen LogP contribution in [0.25, 0.3) is 0 Å². The van der Waals surface area contributed by atoms with E-state index in [2.05, 4.69) is 45.1 Å². The van der Waals surface area contributed by atoms with Crippen molar-refractivity contribution in [3.8, 4) is 0 Å². The number of rotatable bonds is 23. The largest absolute Gasteiger partial charge is 0.288 e. The summed E-state index contributed by atoms with van der Waals surface area (Å²) in [6, 6.07) is 0.683. The fraction of sp³-hybridized carbons (Fsp3) is 0.964. The summed E-state index contributed by atoms with van der Waals surface area (Å²) < 4.78 is 0.